The molecule has 0 spiro atoms. The second-order valence-electron chi connectivity index (χ2n) is 3.59. The molecule has 0 atom stereocenters. The largest absolute Gasteiger partial charge is 0.461 e. The second kappa shape index (κ2) is 7.07. The van der Waals surface area contributed by atoms with E-state index in [2.05, 4.69) is 10.3 Å². The average Bonchev–Trinajstić information content (AvgIpc) is 2.84. The van der Waals surface area contributed by atoms with Gasteiger partial charge in [-0.25, -0.2) is 9.78 Å². The molecule has 7 heteroatoms. The quantitative estimate of drug-likeness (QED) is 0.768. The van der Waals surface area contributed by atoms with E-state index in [1.165, 1.54) is 0 Å². The molecule has 1 aromatic heterocycles. The number of ether oxygens (including phenoxy) is 1. The summed E-state index contributed by atoms with van der Waals surface area (Å²) < 4.78 is 4.82. The smallest absolute Gasteiger partial charge is 0.367 e. The molecule has 0 saturated heterocycles. The Morgan fingerprint density at radius 2 is 2.28 bits per heavy atom. The molecule has 0 fully saturated rings. The topological polar surface area (TPSA) is 71.5 Å². The Kier molecular flexibility index (Phi) is 5.73. The highest BCUT2D eigenvalue weighted by atomic mass is 32.1. The van der Waals surface area contributed by atoms with Gasteiger partial charge in [0.15, 0.2) is 0 Å². The number of likely N-dealkylation sites (N-methyl/N-ethyl adjacent to an activating group) is 2. The summed E-state index contributed by atoms with van der Waals surface area (Å²) in [6, 6.07) is 0. The van der Waals surface area contributed by atoms with Crippen LogP contribution in [-0.4, -0.2) is 55.6 Å². The number of hydrogen-bond donors (Lipinski definition) is 1. The van der Waals surface area contributed by atoms with Gasteiger partial charge in [0.1, 0.15) is 5.69 Å². The highest BCUT2D eigenvalue weighted by Gasteiger charge is 2.18. The average molecular weight is 271 g/mol. The lowest BCUT2D eigenvalue weighted by molar-refractivity contribution is 0.0526. The summed E-state index contributed by atoms with van der Waals surface area (Å²) in [6.07, 6.45) is 0. The molecule has 0 unspecified atom stereocenters. The minimum atomic E-state index is -0.487. The molecule has 0 aliphatic rings. The van der Waals surface area contributed by atoms with Crippen LogP contribution in [0.15, 0.2) is 5.38 Å². The van der Waals surface area contributed by atoms with Crippen LogP contribution in [0.1, 0.15) is 27.2 Å². The van der Waals surface area contributed by atoms with Crippen molar-refractivity contribution >= 4 is 23.2 Å². The molecule has 1 aromatic rings. The first-order valence-electron chi connectivity index (χ1n) is 5.62. The molecular formula is C11H17N3O3S. The Morgan fingerprint density at radius 3 is 2.89 bits per heavy atom. The number of rotatable bonds is 6. The molecule has 0 bridgehead atoms. The molecule has 1 rings (SSSR count). The third kappa shape index (κ3) is 3.78. The summed E-state index contributed by atoms with van der Waals surface area (Å²) in [6.45, 7) is 3.31. The van der Waals surface area contributed by atoms with Gasteiger partial charge in [0.25, 0.3) is 5.91 Å². The summed E-state index contributed by atoms with van der Waals surface area (Å²) in [7, 11) is 3.52. The summed E-state index contributed by atoms with van der Waals surface area (Å²) in [4.78, 5) is 28.9. The number of thiazole rings is 1. The van der Waals surface area contributed by atoms with E-state index in [-0.39, 0.29) is 16.6 Å². The Labute approximate surface area is 110 Å². The number of carbonyl (C=O) groups is 2. The number of amides is 1. The number of esters is 1. The first-order valence-corrected chi connectivity index (χ1v) is 6.50. The van der Waals surface area contributed by atoms with E-state index in [4.69, 9.17) is 4.74 Å². The standard InChI is InChI=1S/C11H17N3O3S/c1-4-17-11(16)9-13-8(7-18-9)10(15)14(3)6-5-12-2/h7,12H,4-6H2,1-3H3. The molecule has 18 heavy (non-hydrogen) atoms. The monoisotopic (exact) mass is 271 g/mol. The molecule has 1 N–H and O–H groups in total. The van der Waals surface area contributed by atoms with Crippen LogP contribution in [0, 0.1) is 0 Å². The molecule has 0 aliphatic carbocycles. The van der Waals surface area contributed by atoms with Gasteiger partial charge in [-0.1, -0.05) is 0 Å². The maximum atomic E-state index is 11.9. The van der Waals surface area contributed by atoms with Crippen LogP contribution in [-0.2, 0) is 4.74 Å². The zero-order chi connectivity index (χ0) is 13.5. The predicted molar refractivity (Wildman–Crippen MR) is 69.0 cm³/mol. The number of hydrogen-bond acceptors (Lipinski definition) is 6. The van der Waals surface area contributed by atoms with Crippen molar-refractivity contribution in [3.63, 3.8) is 0 Å². The first-order chi connectivity index (χ1) is 8.60. The van der Waals surface area contributed by atoms with Crippen molar-refractivity contribution in [1.82, 2.24) is 15.2 Å². The number of nitrogens with zero attached hydrogens (tertiary/aromatic N) is 2. The Hall–Kier alpha value is -1.47. The molecule has 1 amide bonds. The Balaban J connectivity index is 2.67. The van der Waals surface area contributed by atoms with Crippen LogP contribution in [0.4, 0.5) is 0 Å². The molecule has 1 heterocycles. The van der Waals surface area contributed by atoms with Gasteiger partial charge >= 0.3 is 5.97 Å². The van der Waals surface area contributed by atoms with Crippen LogP contribution >= 0.6 is 11.3 Å². The third-order valence-electron chi connectivity index (χ3n) is 2.22. The van der Waals surface area contributed by atoms with E-state index in [0.717, 1.165) is 11.3 Å². The molecule has 0 saturated carbocycles. The van der Waals surface area contributed by atoms with Gasteiger partial charge < -0.3 is 15.0 Å². The minimum absolute atomic E-state index is 0.197. The highest BCUT2D eigenvalue weighted by Crippen LogP contribution is 2.12. The lowest BCUT2D eigenvalue weighted by atomic mass is 10.4. The maximum Gasteiger partial charge on any atom is 0.367 e. The van der Waals surface area contributed by atoms with Crippen molar-refractivity contribution in [3.8, 4) is 0 Å². The maximum absolute atomic E-state index is 11.9. The lowest BCUT2D eigenvalue weighted by Crippen LogP contribution is -2.33. The van der Waals surface area contributed by atoms with Gasteiger partial charge in [0.05, 0.1) is 6.61 Å². The van der Waals surface area contributed by atoms with Crippen molar-refractivity contribution in [2.75, 3.05) is 33.8 Å². The van der Waals surface area contributed by atoms with E-state index in [0.29, 0.717) is 19.7 Å². The van der Waals surface area contributed by atoms with Crippen LogP contribution < -0.4 is 5.32 Å². The normalized spacial score (nSPS) is 10.2. The van der Waals surface area contributed by atoms with Crippen LogP contribution in [0.2, 0.25) is 0 Å². The van der Waals surface area contributed by atoms with Crippen molar-refractivity contribution < 1.29 is 14.3 Å². The molecule has 0 aliphatic heterocycles. The van der Waals surface area contributed by atoms with E-state index < -0.39 is 5.97 Å². The summed E-state index contributed by atoms with van der Waals surface area (Å²) >= 11 is 1.12. The Morgan fingerprint density at radius 1 is 1.56 bits per heavy atom. The first kappa shape index (κ1) is 14.6. The van der Waals surface area contributed by atoms with Gasteiger partial charge in [-0.2, -0.15) is 0 Å². The van der Waals surface area contributed by atoms with Crippen molar-refractivity contribution in [2.24, 2.45) is 0 Å². The van der Waals surface area contributed by atoms with Gasteiger partial charge in [-0.05, 0) is 14.0 Å². The van der Waals surface area contributed by atoms with Crippen LogP contribution in [0.25, 0.3) is 0 Å². The van der Waals surface area contributed by atoms with Crippen LogP contribution in [0.3, 0.4) is 0 Å². The highest BCUT2D eigenvalue weighted by molar-refractivity contribution is 7.11. The molecule has 0 aromatic carbocycles. The Bertz CT molecular complexity index is 419. The van der Waals surface area contributed by atoms with Crippen molar-refractivity contribution in [1.29, 1.82) is 0 Å². The summed E-state index contributed by atoms with van der Waals surface area (Å²) in [5.74, 6) is -0.684. The van der Waals surface area contributed by atoms with Crippen molar-refractivity contribution in [2.45, 2.75) is 6.92 Å². The predicted octanol–water partition coefficient (Wildman–Crippen LogP) is 0.611. The SMILES string of the molecule is CCOC(=O)c1nc(C(=O)N(C)CCNC)cs1. The third-order valence-corrected chi connectivity index (χ3v) is 3.04. The number of nitrogens with one attached hydrogen (secondary N) is 1. The van der Waals surface area contributed by atoms with Gasteiger partial charge in [0, 0.05) is 25.5 Å². The van der Waals surface area contributed by atoms with Crippen molar-refractivity contribution in [3.05, 3.63) is 16.1 Å². The zero-order valence-corrected chi connectivity index (χ0v) is 11.5. The van der Waals surface area contributed by atoms with E-state index in [9.17, 15) is 9.59 Å². The summed E-state index contributed by atoms with van der Waals surface area (Å²) in [5, 5.41) is 4.74. The van der Waals surface area contributed by atoms with Gasteiger partial charge in [-0.15, -0.1) is 11.3 Å². The molecular weight excluding hydrogens is 254 g/mol. The fourth-order valence-corrected chi connectivity index (χ4v) is 1.92. The molecule has 6 nitrogen and oxygen atoms in total. The lowest BCUT2D eigenvalue weighted by Gasteiger charge is -2.15. The number of aromatic nitrogens is 1. The molecule has 0 radical (unpaired) electrons. The summed E-state index contributed by atoms with van der Waals surface area (Å²) in [5.41, 5.74) is 0.279. The fraction of sp³-hybridized carbons (Fsp3) is 0.545. The zero-order valence-electron chi connectivity index (χ0n) is 10.7. The van der Waals surface area contributed by atoms with Crippen LogP contribution in [0.5, 0.6) is 0 Å². The fourth-order valence-electron chi connectivity index (χ4n) is 1.24. The molecule has 100 valence electrons. The van der Waals surface area contributed by atoms with Gasteiger partial charge in [0.2, 0.25) is 5.01 Å². The van der Waals surface area contributed by atoms with E-state index in [1.807, 2.05) is 7.05 Å². The van der Waals surface area contributed by atoms with Gasteiger partial charge in [-0.3, -0.25) is 4.79 Å². The van der Waals surface area contributed by atoms with E-state index >= 15 is 0 Å². The van der Waals surface area contributed by atoms with E-state index in [1.54, 1.807) is 24.3 Å². The number of carbonyl (C=O) groups excluding carboxylic acids is 2. The second-order valence-corrected chi connectivity index (χ2v) is 4.45. The minimum Gasteiger partial charge on any atom is -0.461 e.